The standard InChI is InChI=1S/C20H31N3O2S.HI/c1-5-21-19(22-13-15-9-11-26(24,25)14-15)23-10-8-16-12-17(20(2,3)4)6-7-18(16)23;/h6-7,12,15H,5,8-11,13-14H2,1-4H3,(H,21,22);1H. The summed E-state index contributed by atoms with van der Waals surface area (Å²) < 4.78 is 23.3. The first-order valence-electron chi connectivity index (χ1n) is 9.59. The van der Waals surface area contributed by atoms with E-state index in [-0.39, 0.29) is 41.1 Å². The van der Waals surface area contributed by atoms with E-state index in [0.717, 1.165) is 31.9 Å². The Kier molecular flexibility index (Phi) is 7.22. The quantitative estimate of drug-likeness (QED) is 0.389. The maximum atomic E-state index is 11.7. The number of aliphatic imine (C=N–C) groups is 1. The van der Waals surface area contributed by atoms with Crippen LogP contribution in [0.3, 0.4) is 0 Å². The van der Waals surface area contributed by atoms with Gasteiger partial charge in [-0.15, -0.1) is 24.0 Å². The first-order chi connectivity index (χ1) is 12.2. The number of hydrogen-bond acceptors (Lipinski definition) is 3. The molecule has 1 atom stereocenters. The molecule has 1 saturated heterocycles. The molecule has 0 radical (unpaired) electrons. The van der Waals surface area contributed by atoms with Gasteiger partial charge in [0.05, 0.1) is 11.5 Å². The molecule has 3 rings (SSSR count). The second-order valence-electron chi connectivity index (χ2n) is 8.46. The summed E-state index contributed by atoms with van der Waals surface area (Å²) in [6.07, 6.45) is 1.75. The lowest BCUT2D eigenvalue weighted by molar-refractivity contribution is 0.589. The van der Waals surface area contributed by atoms with Gasteiger partial charge in [-0.05, 0) is 48.3 Å². The molecular weight excluding hydrogens is 473 g/mol. The molecule has 2 heterocycles. The minimum Gasteiger partial charge on any atom is -0.356 e. The molecule has 152 valence electrons. The van der Waals surface area contributed by atoms with Crippen LogP contribution in [0.1, 0.15) is 45.2 Å². The maximum Gasteiger partial charge on any atom is 0.198 e. The summed E-state index contributed by atoms with van der Waals surface area (Å²) in [6.45, 7) is 11.1. The Labute approximate surface area is 181 Å². The third-order valence-corrected chi connectivity index (χ3v) is 7.09. The van der Waals surface area contributed by atoms with Crippen LogP contribution in [0.2, 0.25) is 0 Å². The summed E-state index contributed by atoms with van der Waals surface area (Å²) in [6, 6.07) is 6.74. The van der Waals surface area contributed by atoms with Gasteiger partial charge in [-0.1, -0.05) is 32.9 Å². The molecule has 1 N–H and O–H groups in total. The third-order valence-electron chi connectivity index (χ3n) is 5.26. The number of fused-ring (bicyclic) bond motifs is 1. The highest BCUT2D eigenvalue weighted by molar-refractivity contribution is 14.0. The maximum absolute atomic E-state index is 11.7. The summed E-state index contributed by atoms with van der Waals surface area (Å²) in [7, 11) is -2.85. The first kappa shape index (κ1) is 22.5. The van der Waals surface area contributed by atoms with Crippen molar-refractivity contribution in [3.8, 4) is 0 Å². The molecule has 0 aliphatic carbocycles. The Bertz CT molecular complexity index is 800. The average molecular weight is 505 g/mol. The lowest BCUT2D eigenvalue weighted by Crippen LogP contribution is -2.41. The highest BCUT2D eigenvalue weighted by atomic mass is 127. The SMILES string of the molecule is CCNC(=NCC1CCS(=O)(=O)C1)N1CCc2cc(C(C)(C)C)ccc21.I. The van der Waals surface area contributed by atoms with E-state index in [4.69, 9.17) is 4.99 Å². The van der Waals surface area contributed by atoms with Crippen LogP contribution < -0.4 is 10.2 Å². The zero-order valence-electron chi connectivity index (χ0n) is 16.8. The third kappa shape index (κ3) is 5.37. The van der Waals surface area contributed by atoms with Crippen molar-refractivity contribution in [1.82, 2.24) is 5.32 Å². The van der Waals surface area contributed by atoms with Crippen molar-refractivity contribution in [2.45, 2.75) is 46.0 Å². The fourth-order valence-electron chi connectivity index (χ4n) is 3.71. The summed E-state index contributed by atoms with van der Waals surface area (Å²) >= 11 is 0. The van der Waals surface area contributed by atoms with Crippen molar-refractivity contribution in [2.24, 2.45) is 10.9 Å². The van der Waals surface area contributed by atoms with Crippen molar-refractivity contribution in [2.75, 3.05) is 36.0 Å². The van der Waals surface area contributed by atoms with E-state index < -0.39 is 9.84 Å². The van der Waals surface area contributed by atoms with Crippen LogP contribution in [0.15, 0.2) is 23.2 Å². The Morgan fingerprint density at radius 1 is 1.33 bits per heavy atom. The van der Waals surface area contributed by atoms with E-state index in [2.05, 4.69) is 56.1 Å². The normalized spacial score (nSPS) is 21.7. The Balaban J connectivity index is 0.00000261. The summed E-state index contributed by atoms with van der Waals surface area (Å²) in [5, 5.41) is 3.38. The van der Waals surface area contributed by atoms with Crippen LogP contribution in [0, 0.1) is 5.92 Å². The molecule has 5 nitrogen and oxygen atoms in total. The van der Waals surface area contributed by atoms with E-state index in [1.165, 1.54) is 16.8 Å². The van der Waals surface area contributed by atoms with E-state index in [1.807, 2.05) is 0 Å². The molecule has 0 amide bonds. The largest absolute Gasteiger partial charge is 0.356 e. The van der Waals surface area contributed by atoms with Crippen LogP contribution in [0.4, 0.5) is 5.69 Å². The van der Waals surface area contributed by atoms with Crippen LogP contribution >= 0.6 is 24.0 Å². The predicted molar refractivity (Wildman–Crippen MR) is 124 cm³/mol. The number of hydrogen-bond donors (Lipinski definition) is 1. The van der Waals surface area contributed by atoms with Crippen molar-refractivity contribution in [3.05, 3.63) is 29.3 Å². The minimum absolute atomic E-state index is 0. The first-order valence-corrected chi connectivity index (χ1v) is 11.4. The van der Waals surface area contributed by atoms with Gasteiger partial charge in [0.1, 0.15) is 0 Å². The van der Waals surface area contributed by atoms with Crippen LogP contribution in [-0.2, 0) is 21.7 Å². The smallest absolute Gasteiger partial charge is 0.198 e. The number of halogens is 1. The van der Waals surface area contributed by atoms with E-state index in [9.17, 15) is 8.42 Å². The number of benzene rings is 1. The van der Waals surface area contributed by atoms with E-state index in [1.54, 1.807) is 0 Å². The van der Waals surface area contributed by atoms with Crippen molar-refractivity contribution in [3.63, 3.8) is 0 Å². The van der Waals surface area contributed by atoms with Crippen LogP contribution in [0.25, 0.3) is 0 Å². The number of rotatable bonds is 3. The number of sulfone groups is 1. The van der Waals surface area contributed by atoms with Gasteiger partial charge in [0, 0.05) is 25.3 Å². The van der Waals surface area contributed by atoms with Crippen molar-refractivity contribution in [1.29, 1.82) is 0 Å². The Morgan fingerprint density at radius 3 is 2.67 bits per heavy atom. The van der Waals surface area contributed by atoms with Gasteiger partial charge in [-0.3, -0.25) is 4.99 Å². The van der Waals surface area contributed by atoms with Gasteiger partial charge < -0.3 is 10.2 Å². The molecule has 1 unspecified atom stereocenters. The number of nitrogens with zero attached hydrogens (tertiary/aromatic N) is 2. The van der Waals surface area contributed by atoms with Gasteiger partial charge >= 0.3 is 0 Å². The molecule has 0 bridgehead atoms. The number of anilines is 1. The molecular formula is C20H32IN3O2S. The van der Waals surface area contributed by atoms with Gasteiger partial charge in [0.15, 0.2) is 15.8 Å². The topological polar surface area (TPSA) is 61.8 Å². The van der Waals surface area contributed by atoms with Gasteiger partial charge in [0.25, 0.3) is 0 Å². The summed E-state index contributed by atoms with van der Waals surface area (Å²) in [5.74, 6) is 1.62. The van der Waals surface area contributed by atoms with Gasteiger partial charge in [-0.25, -0.2) is 8.42 Å². The molecule has 0 saturated carbocycles. The van der Waals surface area contributed by atoms with Crippen molar-refractivity contribution >= 4 is 45.5 Å². The fourth-order valence-corrected chi connectivity index (χ4v) is 5.56. The average Bonchev–Trinajstić information content (AvgIpc) is 3.13. The molecule has 27 heavy (non-hydrogen) atoms. The highest BCUT2D eigenvalue weighted by Crippen LogP contribution is 2.33. The molecule has 7 heteroatoms. The van der Waals surface area contributed by atoms with Crippen molar-refractivity contribution < 1.29 is 8.42 Å². The summed E-state index contributed by atoms with van der Waals surface area (Å²) in [5.41, 5.74) is 4.09. The van der Waals surface area contributed by atoms with Crippen LogP contribution in [-0.4, -0.2) is 45.5 Å². The second kappa shape index (κ2) is 8.68. The molecule has 1 aromatic rings. The molecule has 0 aromatic heterocycles. The van der Waals surface area contributed by atoms with E-state index in [0.29, 0.717) is 12.3 Å². The molecule has 1 aromatic carbocycles. The zero-order valence-corrected chi connectivity index (χ0v) is 19.9. The molecule has 1 fully saturated rings. The lowest BCUT2D eigenvalue weighted by Gasteiger charge is -2.24. The van der Waals surface area contributed by atoms with Gasteiger partial charge in [-0.2, -0.15) is 0 Å². The number of nitrogens with one attached hydrogen (secondary N) is 1. The lowest BCUT2D eigenvalue weighted by atomic mass is 9.86. The Hall–Kier alpha value is -0.830. The van der Waals surface area contributed by atoms with E-state index >= 15 is 0 Å². The fraction of sp³-hybridized carbons (Fsp3) is 0.650. The zero-order chi connectivity index (χ0) is 18.9. The molecule has 2 aliphatic rings. The van der Waals surface area contributed by atoms with Crippen LogP contribution in [0.5, 0.6) is 0 Å². The molecule has 0 spiro atoms. The minimum atomic E-state index is -2.85. The number of guanidine groups is 1. The van der Waals surface area contributed by atoms with Gasteiger partial charge in [0.2, 0.25) is 0 Å². The second-order valence-corrected chi connectivity index (χ2v) is 10.7. The predicted octanol–water partition coefficient (Wildman–Crippen LogP) is 3.36. The summed E-state index contributed by atoms with van der Waals surface area (Å²) in [4.78, 5) is 7.02. The molecule has 2 aliphatic heterocycles. The Morgan fingerprint density at radius 2 is 2.07 bits per heavy atom. The highest BCUT2D eigenvalue weighted by Gasteiger charge is 2.29. The monoisotopic (exact) mass is 505 g/mol.